The van der Waals surface area contributed by atoms with Gasteiger partial charge in [0.05, 0.1) is 0 Å². The number of carbonyl (C=O) groups is 2. The smallest absolute Gasteiger partial charge is 0.358 e. The third-order valence-corrected chi connectivity index (χ3v) is 5.12. The highest BCUT2D eigenvalue weighted by atomic mass is 32.1. The minimum atomic E-state index is -0.931. The van der Waals surface area contributed by atoms with Gasteiger partial charge in [0, 0.05) is 16.6 Å². The van der Waals surface area contributed by atoms with E-state index in [9.17, 15) is 9.59 Å². The second-order valence-corrected chi connectivity index (χ2v) is 7.58. The SMILES string of the molecule is CC(C)c1ccc(NC(=O)[C@H](C)OC(=O)c2csc(-c3ccccc3)n2)cc1. The molecule has 5 nitrogen and oxygen atoms in total. The summed E-state index contributed by atoms with van der Waals surface area (Å²) >= 11 is 1.36. The van der Waals surface area contributed by atoms with E-state index >= 15 is 0 Å². The van der Waals surface area contributed by atoms with Crippen molar-refractivity contribution in [3.63, 3.8) is 0 Å². The van der Waals surface area contributed by atoms with Crippen LogP contribution >= 0.6 is 11.3 Å². The summed E-state index contributed by atoms with van der Waals surface area (Å²) in [6, 6.07) is 17.2. The molecule has 0 aliphatic heterocycles. The molecule has 1 heterocycles. The lowest BCUT2D eigenvalue weighted by Crippen LogP contribution is -2.30. The summed E-state index contributed by atoms with van der Waals surface area (Å²) in [5, 5.41) is 5.13. The molecule has 3 rings (SSSR count). The number of nitrogens with one attached hydrogen (secondary N) is 1. The highest BCUT2D eigenvalue weighted by Crippen LogP contribution is 2.24. The van der Waals surface area contributed by atoms with E-state index in [1.54, 1.807) is 12.3 Å². The monoisotopic (exact) mass is 394 g/mol. The Balaban J connectivity index is 1.59. The minimum absolute atomic E-state index is 0.199. The molecule has 0 fully saturated rings. The zero-order valence-electron chi connectivity index (χ0n) is 16.0. The van der Waals surface area contributed by atoms with Crippen molar-refractivity contribution in [2.75, 3.05) is 5.32 Å². The molecule has 6 heteroatoms. The first-order chi connectivity index (χ1) is 13.4. The fourth-order valence-corrected chi connectivity index (χ4v) is 3.35. The summed E-state index contributed by atoms with van der Waals surface area (Å²) in [6.45, 7) is 5.76. The van der Waals surface area contributed by atoms with E-state index in [2.05, 4.69) is 24.1 Å². The maximum absolute atomic E-state index is 12.3. The van der Waals surface area contributed by atoms with Crippen molar-refractivity contribution >= 4 is 28.9 Å². The van der Waals surface area contributed by atoms with Crippen molar-refractivity contribution in [1.82, 2.24) is 4.98 Å². The van der Waals surface area contributed by atoms with Crippen LogP contribution in [0.2, 0.25) is 0 Å². The van der Waals surface area contributed by atoms with E-state index < -0.39 is 12.1 Å². The number of nitrogens with zero attached hydrogens (tertiary/aromatic N) is 1. The summed E-state index contributed by atoms with van der Waals surface area (Å²) < 4.78 is 5.27. The minimum Gasteiger partial charge on any atom is -0.448 e. The fraction of sp³-hybridized carbons (Fsp3) is 0.227. The Morgan fingerprint density at radius 2 is 1.68 bits per heavy atom. The van der Waals surface area contributed by atoms with Gasteiger partial charge < -0.3 is 10.1 Å². The fourth-order valence-electron chi connectivity index (χ4n) is 2.55. The first-order valence-electron chi connectivity index (χ1n) is 9.07. The highest BCUT2D eigenvalue weighted by Gasteiger charge is 2.21. The Hall–Kier alpha value is -2.99. The molecule has 0 saturated heterocycles. The number of aromatic nitrogens is 1. The van der Waals surface area contributed by atoms with Crippen LogP contribution in [0.1, 0.15) is 42.7 Å². The van der Waals surface area contributed by atoms with Gasteiger partial charge in [-0.25, -0.2) is 9.78 Å². The second-order valence-electron chi connectivity index (χ2n) is 6.72. The second kappa shape index (κ2) is 8.80. The van der Waals surface area contributed by atoms with Crippen molar-refractivity contribution in [3.8, 4) is 10.6 Å². The van der Waals surface area contributed by atoms with Crippen LogP contribution in [0.5, 0.6) is 0 Å². The van der Waals surface area contributed by atoms with Gasteiger partial charge in [-0.1, -0.05) is 56.3 Å². The molecule has 1 N–H and O–H groups in total. The molecule has 0 saturated carbocycles. The van der Waals surface area contributed by atoms with Crippen LogP contribution < -0.4 is 5.32 Å². The molecule has 1 aromatic heterocycles. The normalized spacial score (nSPS) is 11.9. The van der Waals surface area contributed by atoms with Crippen molar-refractivity contribution in [2.45, 2.75) is 32.8 Å². The van der Waals surface area contributed by atoms with Crippen LogP contribution in [0, 0.1) is 0 Å². The number of ether oxygens (including phenoxy) is 1. The number of esters is 1. The van der Waals surface area contributed by atoms with Gasteiger partial charge in [0.15, 0.2) is 11.8 Å². The maximum Gasteiger partial charge on any atom is 0.358 e. The van der Waals surface area contributed by atoms with E-state index in [1.807, 2.05) is 54.6 Å². The highest BCUT2D eigenvalue weighted by molar-refractivity contribution is 7.13. The van der Waals surface area contributed by atoms with E-state index in [0.717, 1.165) is 10.6 Å². The lowest BCUT2D eigenvalue weighted by Gasteiger charge is -2.13. The molecule has 144 valence electrons. The average Bonchev–Trinajstić information content (AvgIpc) is 3.19. The largest absolute Gasteiger partial charge is 0.448 e. The Labute approximate surface area is 168 Å². The van der Waals surface area contributed by atoms with Crippen LogP contribution in [0.4, 0.5) is 5.69 Å². The predicted octanol–water partition coefficient (Wildman–Crippen LogP) is 5.12. The number of hydrogen-bond acceptors (Lipinski definition) is 5. The Kier molecular flexibility index (Phi) is 6.21. The number of benzene rings is 2. The first kappa shape index (κ1) is 19.8. The summed E-state index contributed by atoms with van der Waals surface area (Å²) in [7, 11) is 0. The van der Waals surface area contributed by atoms with Gasteiger partial charge in [-0.2, -0.15) is 0 Å². The van der Waals surface area contributed by atoms with Crippen molar-refractivity contribution in [1.29, 1.82) is 0 Å². The summed E-state index contributed by atoms with van der Waals surface area (Å²) in [6.07, 6.45) is -0.931. The molecule has 3 aromatic rings. The molecule has 0 bridgehead atoms. The van der Waals surface area contributed by atoms with E-state index in [0.29, 0.717) is 11.6 Å². The number of carbonyl (C=O) groups excluding carboxylic acids is 2. The molecule has 2 aromatic carbocycles. The van der Waals surface area contributed by atoms with Gasteiger partial charge in [0.1, 0.15) is 5.01 Å². The Bertz CT molecular complexity index is 949. The van der Waals surface area contributed by atoms with Gasteiger partial charge >= 0.3 is 5.97 Å². The topological polar surface area (TPSA) is 68.3 Å². The molecule has 0 radical (unpaired) electrons. The molecular weight excluding hydrogens is 372 g/mol. The number of anilines is 1. The van der Waals surface area contributed by atoms with Crippen LogP contribution in [0.15, 0.2) is 60.0 Å². The number of rotatable bonds is 6. The lowest BCUT2D eigenvalue weighted by molar-refractivity contribution is -0.123. The zero-order chi connectivity index (χ0) is 20.1. The Morgan fingerprint density at radius 3 is 2.32 bits per heavy atom. The standard InChI is InChI=1S/C22H22N2O3S/c1-14(2)16-9-11-18(12-10-16)23-20(25)15(3)27-22(26)19-13-28-21(24-19)17-7-5-4-6-8-17/h4-15H,1-3H3,(H,23,25)/t15-/m0/s1. The van der Waals surface area contributed by atoms with Gasteiger partial charge in [-0.3, -0.25) is 4.79 Å². The van der Waals surface area contributed by atoms with Gasteiger partial charge in [-0.05, 0) is 30.5 Å². The Morgan fingerprint density at radius 1 is 1.00 bits per heavy atom. The molecule has 1 amide bonds. The van der Waals surface area contributed by atoms with Gasteiger partial charge in [-0.15, -0.1) is 11.3 Å². The lowest BCUT2D eigenvalue weighted by atomic mass is 10.0. The van der Waals surface area contributed by atoms with Crippen molar-refractivity contribution < 1.29 is 14.3 Å². The third-order valence-electron chi connectivity index (χ3n) is 4.23. The summed E-state index contributed by atoms with van der Waals surface area (Å²) in [5.41, 5.74) is 2.99. The quantitative estimate of drug-likeness (QED) is 0.589. The maximum atomic E-state index is 12.3. The van der Waals surface area contributed by atoms with Crippen LogP contribution in [0.25, 0.3) is 10.6 Å². The third kappa shape index (κ3) is 4.84. The van der Waals surface area contributed by atoms with E-state index in [-0.39, 0.29) is 11.6 Å². The molecule has 1 atom stereocenters. The molecule has 0 spiro atoms. The average molecular weight is 394 g/mol. The van der Waals surface area contributed by atoms with Gasteiger partial charge in [0.25, 0.3) is 5.91 Å². The number of amides is 1. The molecule has 0 aliphatic rings. The van der Waals surface area contributed by atoms with Crippen molar-refractivity contribution in [2.24, 2.45) is 0 Å². The van der Waals surface area contributed by atoms with E-state index in [1.165, 1.54) is 16.9 Å². The summed E-state index contributed by atoms with van der Waals surface area (Å²) in [5.74, 6) is -0.580. The molecular formula is C22H22N2O3S. The molecule has 0 unspecified atom stereocenters. The zero-order valence-corrected chi connectivity index (χ0v) is 16.8. The predicted molar refractivity (Wildman–Crippen MR) is 112 cm³/mol. The number of hydrogen-bond donors (Lipinski definition) is 1. The van der Waals surface area contributed by atoms with E-state index in [4.69, 9.17) is 4.74 Å². The first-order valence-corrected chi connectivity index (χ1v) is 9.94. The summed E-state index contributed by atoms with van der Waals surface area (Å²) in [4.78, 5) is 29.0. The number of thiazole rings is 1. The van der Waals surface area contributed by atoms with Gasteiger partial charge in [0.2, 0.25) is 0 Å². The van der Waals surface area contributed by atoms with Crippen LogP contribution in [-0.4, -0.2) is 23.0 Å². The van der Waals surface area contributed by atoms with Crippen LogP contribution in [0.3, 0.4) is 0 Å². The van der Waals surface area contributed by atoms with Crippen molar-refractivity contribution in [3.05, 3.63) is 71.2 Å². The molecule has 0 aliphatic carbocycles. The molecule has 28 heavy (non-hydrogen) atoms. The van der Waals surface area contributed by atoms with Crippen LogP contribution in [-0.2, 0) is 9.53 Å².